The second-order valence-electron chi connectivity index (χ2n) is 2.52. The van der Waals surface area contributed by atoms with Crippen LogP contribution in [0.25, 0.3) is 0 Å². The van der Waals surface area contributed by atoms with E-state index in [2.05, 4.69) is 20.7 Å². The molecule has 2 nitrogen and oxygen atoms in total. The van der Waals surface area contributed by atoms with Gasteiger partial charge in [-0.15, -0.1) is 0 Å². The second kappa shape index (κ2) is 5.01. The molecular formula is C9H7BrCl2O2. The van der Waals surface area contributed by atoms with Crippen molar-refractivity contribution in [3.8, 4) is 0 Å². The van der Waals surface area contributed by atoms with Crippen LogP contribution in [0.1, 0.15) is 10.4 Å². The van der Waals surface area contributed by atoms with E-state index >= 15 is 0 Å². The van der Waals surface area contributed by atoms with Crippen LogP contribution in [-0.2, 0) is 9.53 Å². The Hall–Kier alpha value is -0.250. The van der Waals surface area contributed by atoms with Gasteiger partial charge in [-0.3, -0.25) is 4.79 Å². The summed E-state index contributed by atoms with van der Waals surface area (Å²) in [6, 6.07) is 5.05. The number of methoxy groups -OCH3 is 1. The summed E-state index contributed by atoms with van der Waals surface area (Å²) < 4.78 is 4.57. The number of carbonyl (C=O) groups excluding carboxylic acids is 1. The molecule has 0 aliphatic carbocycles. The van der Waals surface area contributed by atoms with Crippen molar-refractivity contribution < 1.29 is 9.53 Å². The Morgan fingerprint density at radius 2 is 1.93 bits per heavy atom. The van der Waals surface area contributed by atoms with Crippen LogP contribution >= 0.6 is 39.1 Å². The number of carbonyl (C=O) groups is 1. The van der Waals surface area contributed by atoms with E-state index in [1.165, 1.54) is 7.11 Å². The fourth-order valence-corrected chi connectivity index (χ4v) is 2.53. The van der Waals surface area contributed by atoms with Crippen molar-refractivity contribution in [2.24, 2.45) is 0 Å². The summed E-state index contributed by atoms with van der Waals surface area (Å²) in [5, 5.41) is 0.870. The molecule has 76 valence electrons. The van der Waals surface area contributed by atoms with E-state index in [4.69, 9.17) is 23.2 Å². The summed E-state index contributed by atoms with van der Waals surface area (Å²) in [6.45, 7) is 0. The van der Waals surface area contributed by atoms with Crippen LogP contribution in [0.2, 0.25) is 10.0 Å². The molecule has 0 bridgehead atoms. The molecule has 0 saturated heterocycles. The van der Waals surface area contributed by atoms with Crippen LogP contribution in [0.3, 0.4) is 0 Å². The number of halogens is 3. The van der Waals surface area contributed by atoms with Gasteiger partial charge in [0.15, 0.2) is 0 Å². The van der Waals surface area contributed by atoms with E-state index in [-0.39, 0.29) is 0 Å². The number of esters is 1. The second-order valence-corrected chi connectivity index (χ2v) is 4.25. The summed E-state index contributed by atoms with van der Waals surface area (Å²) in [5.41, 5.74) is 0.530. The molecule has 1 rings (SSSR count). The first-order valence-electron chi connectivity index (χ1n) is 3.73. The average molecular weight is 298 g/mol. The SMILES string of the molecule is COC(=O)C(Br)c1c(Cl)cccc1Cl. The molecule has 1 unspecified atom stereocenters. The Balaban J connectivity index is 3.11. The summed E-state index contributed by atoms with van der Waals surface area (Å²) in [4.78, 5) is 10.6. The zero-order valence-electron chi connectivity index (χ0n) is 7.26. The molecule has 0 saturated carbocycles. The topological polar surface area (TPSA) is 26.3 Å². The van der Waals surface area contributed by atoms with Crippen molar-refractivity contribution in [1.29, 1.82) is 0 Å². The van der Waals surface area contributed by atoms with Crippen LogP contribution in [0.15, 0.2) is 18.2 Å². The van der Waals surface area contributed by atoms with Crippen molar-refractivity contribution in [1.82, 2.24) is 0 Å². The van der Waals surface area contributed by atoms with E-state index < -0.39 is 10.8 Å². The molecule has 5 heteroatoms. The van der Waals surface area contributed by atoms with Gasteiger partial charge in [0.25, 0.3) is 0 Å². The zero-order chi connectivity index (χ0) is 10.7. The third-order valence-electron chi connectivity index (χ3n) is 1.66. The quantitative estimate of drug-likeness (QED) is 0.616. The van der Waals surface area contributed by atoms with Gasteiger partial charge in [0, 0.05) is 15.6 Å². The number of benzene rings is 1. The number of hydrogen-bond acceptors (Lipinski definition) is 2. The summed E-state index contributed by atoms with van der Waals surface area (Å²) >= 11 is 15.0. The first-order valence-corrected chi connectivity index (χ1v) is 5.41. The highest BCUT2D eigenvalue weighted by atomic mass is 79.9. The summed E-state index contributed by atoms with van der Waals surface area (Å²) in [5.74, 6) is -0.431. The first kappa shape index (κ1) is 11.8. The minimum atomic E-state index is -0.631. The maximum Gasteiger partial charge on any atom is 0.324 e. The lowest BCUT2D eigenvalue weighted by molar-refractivity contribution is -0.139. The minimum Gasteiger partial charge on any atom is -0.468 e. The molecule has 0 fully saturated rings. The smallest absolute Gasteiger partial charge is 0.324 e. The highest BCUT2D eigenvalue weighted by Crippen LogP contribution is 2.35. The highest BCUT2D eigenvalue weighted by Gasteiger charge is 2.22. The van der Waals surface area contributed by atoms with Gasteiger partial charge in [-0.25, -0.2) is 0 Å². The molecule has 14 heavy (non-hydrogen) atoms. The molecule has 0 aliphatic heterocycles. The Morgan fingerprint density at radius 1 is 1.43 bits per heavy atom. The van der Waals surface area contributed by atoms with Crippen LogP contribution < -0.4 is 0 Å². The molecule has 0 amide bonds. The predicted octanol–water partition coefficient (Wildman–Crippen LogP) is 3.60. The van der Waals surface area contributed by atoms with Crippen molar-refractivity contribution in [2.75, 3.05) is 7.11 Å². The lowest BCUT2D eigenvalue weighted by atomic mass is 10.1. The zero-order valence-corrected chi connectivity index (χ0v) is 10.4. The van der Waals surface area contributed by atoms with E-state index in [1.54, 1.807) is 18.2 Å². The van der Waals surface area contributed by atoms with Crippen molar-refractivity contribution >= 4 is 45.1 Å². The van der Waals surface area contributed by atoms with E-state index in [1.807, 2.05) is 0 Å². The standard InChI is InChI=1S/C9H7BrCl2O2/c1-14-9(13)8(10)7-5(11)3-2-4-6(7)12/h2-4,8H,1H3. The van der Waals surface area contributed by atoms with E-state index in [0.29, 0.717) is 15.6 Å². The van der Waals surface area contributed by atoms with Gasteiger partial charge in [0.1, 0.15) is 4.83 Å². The molecule has 0 aliphatic rings. The van der Waals surface area contributed by atoms with Gasteiger partial charge < -0.3 is 4.74 Å². The molecular weight excluding hydrogens is 291 g/mol. The highest BCUT2D eigenvalue weighted by molar-refractivity contribution is 9.09. The average Bonchev–Trinajstić information content (AvgIpc) is 2.16. The van der Waals surface area contributed by atoms with E-state index in [0.717, 1.165) is 0 Å². The molecule has 0 radical (unpaired) electrons. The number of alkyl halides is 1. The van der Waals surface area contributed by atoms with Crippen molar-refractivity contribution in [2.45, 2.75) is 4.83 Å². The Kier molecular flexibility index (Phi) is 4.23. The molecule has 1 aromatic carbocycles. The Labute approximate surface area is 100 Å². The Bertz CT molecular complexity index is 334. The fourth-order valence-electron chi connectivity index (χ4n) is 0.974. The molecule has 0 spiro atoms. The number of hydrogen-bond donors (Lipinski definition) is 0. The van der Waals surface area contributed by atoms with Gasteiger partial charge >= 0.3 is 5.97 Å². The minimum absolute atomic E-state index is 0.431. The lowest BCUT2D eigenvalue weighted by Gasteiger charge is -2.11. The van der Waals surface area contributed by atoms with Crippen LogP contribution in [-0.4, -0.2) is 13.1 Å². The monoisotopic (exact) mass is 296 g/mol. The maximum absolute atomic E-state index is 11.2. The molecule has 0 heterocycles. The summed E-state index contributed by atoms with van der Waals surface area (Å²) in [6.07, 6.45) is 0. The van der Waals surface area contributed by atoms with Gasteiger partial charge in [-0.05, 0) is 12.1 Å². The van der Waals surface area contributed by atoms with Crippen LogP contribution in [0, 0.1) is 0 Å². The third kappa shape index (κ3) is 2.41. The van der Waals surface area contributed by atoms with Crippen molar-refractivity contribution in [3.05, 3.63) is 33.8 Å². The van der Waals surface area contributed by atoms with Gasteiger partial charge in [0.2, 0.25) is 0 Å². The van der Waals surface area contributed by atoms with Crippen molar-refractivity contribution in [3.63, 3.8) is 0 Å². The molecule has 0 N–H and O–H groups in total. The van der Waals surface area contributed by atoms with Gasteiger partial charge in [-0.2, -0.15) is 0 Å². The largest absolute Gasteiger partial charge is 0.468 e. The Morgan fingerprint density at radius 3 is 2.36 bits per heavy atom. The fraction of sp³-hybridized carbons (Fsp3) is 0.222. The number of rotatable bonds is 2. The van der Waals surface area contributed by atoms with Crippen LogP contribution in [0.5, 0.6) is 0 Å². The van der Waals surface area contributed by atoms with Crippen LogP contribution in [0.4, 0.5) is 0 Å². The molecule has 1 atom stereocenters. The third-order valence-corrected chi connectivity index (χ3v) is 3.15. The van der Waals surface area contributed by atoms with E-state index in [9.17, 15) is 4.79 Å². The molecule has 1 aromatic rings. The first-order chi connectivity index (χ1) is 6.57. The summed E-state index contributed by atoms with van der Waals surface area (Å²) in [7, 11) is 1.31. The normalized spacial score (nSPS) is 12.3. The predicted molar refractivity (Wildman–Crippen MR) is 60.1 cm³/mol. The maximum atomic E-state index is 11.2. The number of ether oxygens (including phenoxy) is 1. The van der Waals surface area contributed by atoms with Gasteiger partial charge in [0.05, 0.1) is 7.11 Å². The van der Waals surface area contributed by atoms with Gasteiger partial charge in [-0.1, -0.05) is 45.2 Å². The molecule has 0 aromatic heterocycles. The lowest BCUT2D eigenvalue weighted by Crippen LogP contribution is -2.09.